The Balaban J connectivity index is 1.95. The van der Waals surface area contributed by atoms with E-state index in [-0.39, 0.29) is 34.0 Å². The van der Waals surface area contributed by atoms with Crippen molar-refractivity contribution in [1.82, 2.24) is 10.6 Å². The van der Waals surface area contributed by atoms with Crippen LogP contribution in [0.15, 0.2) is 48.5 Å². The number of carbonyl (C=O) groups excluding carboxylic acids is 4. The van der Waals surface area contributed by atoms with Crippen LogP contribution in [0.5, 0.6) is 0 Å². The highest BCUT2D eigenvalue weighted by molar-refractivity contribution is 8.76. The van der Waals surface area contributed by atoms with E-state index < -0.39 is 35.8 Å². The number of nitrogens with one attached hydrogen (secondary N) is 2. The van der Waals surface area contributed by atoms with Crippen molar-refractivity contribution < 1.29 is 28.7 Å². The van der Waals surface area contributed by atoms with Crippen LogP contribution in [0, 0.1) is 0 Å². The molecule has 2 atom stereocenters. The van der Waals surface area contributed by atoms with Gasteiger partial charge in [0.1, 0.15) is 12.1 Å². The molecule has 2 unspecified atom stereocenters. The summed E-state index contributed by atoms with van der Waals surface area (Å²) in [6.07, 6.45) is 0. The molecule has 2 aromatic carbocycles. The molecule has 182 valence electrons. The van der Waals surface area contributed by atoms with Gasteiger partial charge in [0.2, 0.25) is 0 Å². The van der Waals surface area contributed by atoms with Crippen LogP contribution in [0.2, 0.25) is 0 Å². The monoisotopic (exact) mass is 506 g/mol. The maximum atomic E-state index is 12.5. The van der Waals surface area contributed by atoms with E-state index in [2.05, 4.69) is 10.6 Å². The second-order valence-corrected chi connectivity index (χ2v) is 9.39. The summed E-state index contributed by atoms with van der Waals surface area (Å²) in [7, 11) is 4.86. The number of carbonyl (C=O) groups is 4. The molecule has 6 N–H and O–H groups in total. The van der Waals surface area contributed by atoms with Gasteiger partial charge in [-0.25, -0.2) is 9.59 Å². The Morgan fingerprint density at radius 3 is 1.41 bits per heavy atom. The lowest BCUT2D eigenvalue weighted by molar-refractivity contribution is -0.143. The first-order valence-corrected chi connectivity index (χ1v) is 12.5. The lowest BCUT2D eigenvalue weighted by Crippen LogP contribution is -2.44. The molecule has 2 aromatic rings. The van der Waals surface area contributed by atoms with Crippen molar-refractivity contribution >= 4 is 56.7 Å². The molecule has 0 aliphatic rings. The summed E-state index contributed by atoms with van der Waals surface area (Å²) in [5, 5.41) is 5.21. The topological polar surface area (TPSA) is 163 Å². The van der Waals surface area contributed by atoms with Crippen LogP contribution in [0.1, 0.15) is 20.7 Å². The summed E-state index contributed by atoms with van der Waals surface area (Å²) in [6, 6.07) is 11.1. The molecular weight excluding hydrogens is 480 g/mol. The van der Waals surface area contributed by atoms with E-state index in [1.807, 2.05) is 0 Å². The first-order valence-electron chi connectivity index (χ1n) is 9.99. The number of hydrogen-bond donors (Lipinski definition) is 4. The zero-order chi connectivity index (χ0) is 25.1. The molecule has 0 saturated heterocycles. The standard InChI is InChI=1S/C22H26N4O6S2/c1-31-21(29)17(25-19(27)13-7-3-5-9-15(13)23)11-33-34-12-18(22(30)32-2)26-20(28)14-8-4-6-10-16(14)24/h3-10,17-18H,11-12,23-24H2,1-2H3,(H,25,27)(H,26,28). The third kappa shape index (κ3) is 7.59. The second kappa shape index (κ2) is 13.4. The number of esters is 2. The Morgan fingerprint density at radius 2 is 1.09 bits per heavy atom. The van der Waals surface area contributed by atoms with E-state index in [4.69, 9.17) is 20.9 Å². The smallest absolute Gasteiger partial charge is 0.329 e. The SMILES string of the molecule is COC(=O)C(CSSCC(NC(=O)c1ccccc1N)C(=O)OC)NC(=O)c1ccccc1N. The van der Waals surface area contributed by atoms with Gasteiger partial charge in [0.05, 0.1) is 25.3 Å². The Morgan fingerprint density at radius 1 is 0.735 bits per heavy atom. The highest BCUT2D eigenvalue weighted by atomic mass is 33.1. The van der Waals surface area contributed by atoms with Gasteiger partial charge < -0.3 is 31.6 Å². The van der Waals surface area contributed by atoms with Crippen LogP contribution in [0.25, 0.3) is 0 Å². The molecule has 10 nitrogen and oxygen atoms in total. The van der Waals surface area contributed by atoms with E-state index in [0.717, 1.165) is 0 Å². The lowest BCUT2D eigenvalue weighted by Gasteiger charge is -2.18. The Bertz CT molecular complexity index is 954. The van der Waals surface area contributed by atoms with E-state index >= 15 is 0 Å². The van der Waals surface area contributed by atoms with Gasteiger partial charge in [-0.15, -0.1) is 0 Å². The van der Waals surface area contributed by atoms with Crippen molar-refractivity contribution in [2.45, 2.75) is 12.1 Å². The van der Waals surface area contributed by atoms with E-state index in [1.54, 1.807) is 48.5 Å². The van der Waals surface area contributed by atoms with Crippen molar-refractivity contribution in [3.63, 3.8) is 0 Å². The molecule has 0 spiro atoms. The first kappa shape index (κ1) is 26.9. The minimum atomic E-state index is -0.954. The number of methoxy groups -OCH3 is 2. The number of nitrogens with two attached hydrogens (primary N) is 2. The Kier molecular flexibility index (Phi) is 10.6. The van der Waals surface area contributed by atoms with Gasteiger partial charge in [0.15, 0.2) is 0 Å². The van der Waals surface area contributed by atoms with Gasteiger partial charge >= 0.3 is 11.9 Å². The third-order valence-corrected chi connectivity index (χ3v) is 6.97. The molecule has 0 fully saturated rings. The second-order valence-electron chi connectivity index (χ2n) is 6.84. The van der Waals surface area contributed by atoms with Crippen molar-refractivity contribution in [2.24, 2.45) is 0 Å². The fraction of sp³-hybridized carbons (Fsp3) is 0.273. The lowest BCUT2D eigenvalue weighted by atomic mass is 10.1. The number of rotatable bonds is 11. The van der Waals surface area contributed by atoms with Gasteiger partial charge in [-0.1, -0.05) is 45.9 Å². The predicted molar refractivity (Wildman–Crippen MR) is 133 cm³/mol. The van der Waals surface area contributed by atoms with Crippen LogP contribution < -0.4 is 22.1 Å². The molecule has 2 rings (SSSR count). The highest BCUT2D eigenvalue weighted by Crippen LogP contribution is 2.24. The quantitative estimate of drug-likeness (QED) is 0.152. The minimum absolute atomic E-state index is 0.142. The number of benzene rings is 2. The molecular formula is C22H26N4O6S2. The van der Waals surface area contributed by atoms with Crippen LogP contribution >= 0.6 is 21.6 Å². The minimum Gasteiger partial charge on any atom is -0.467 e. The fourth-order valence-electron chi connectivity index (χ4n) is 2.73. The zero-order valence-electron chi connectivity index (χ0n) is 18.6. The number of amides is 2. The largest absolute Gasteiger partial charge is 0.467 e. The molecule has 34 heavy (non-hydrogen) atoms. The molecule has 0 aliphatic heterocycles. The molecule has 0 bridgehead atoms. The van der Waals surface area contributed by atoms with Gasteiger partial charge in [0.25, 0.3) is 11.8 Å². The van der Waals surface area contributed by atoms with Gasteiger partial charge in [0, 0.05) is 22.9 Å². The van der Waals surface area contributed by atoms with Crippen LogP contribution in [-0.2, 0) is 19.1 Å². The molecule has 0 aliphatic carbocycles. The number of ether oxygens (including phenoxy) is 2. The summed E-state index contributed by atoms with van der Waals surface area (Å²) in [5.74, 6) is -2.01. The molecule has 2 amide bonds. The molecule has 12 heteroatoms. The van der Waals surface area contributed by atoms with Crippen LogP contribution in [0.3, 0.4) is 0 Å². The summed E-state index contributed by atoms with van der Waals surface area (Å²) in [6.45, 7) is 0. The van der Waals surface area contributed by atoms with Crippen molar-refractivity contribution in [1.29, 1.82) is 0 Å². The zero-order valence-corrected chi connectivity index (χ0v) is 20.2. The third-order valence-electron chi connectivity index (χ3n) is 4.55. The molecule has 0 radical (unpaired) electrons. The summed E-state index contributed by atoms with van der Waals surface area (Å²) >= 11 is 0. The van der Waals surface area contributed by atoms with Crippen molar-refractivity contribution in [3.8, 4) is 0 Å². The van der Waals surface area contributed by atoms with E-state index in [1.165, 1.54) is 35.8 Å². The van der Waals surface area contributed by atoms with Crippen LogP contribution in [-0.4, -0.2) is 61.6 Å². The van der Waals surface area contributed by atoms with E-state index in [0.29, 0.717) is 0 Å². The summed E-state index contributed by atoms with van der Waals surface area (Å²) in [4.78, 5) is 49.3. The van der Waals surface area contributed by atoms with Crippen molar-refractivity contribution in [3.05, 3.63) is 59.7 Å². The van der Waals surface area contributed by atoms with Crippen LogP contribution in [0.4, 0.5) is 11.4 Å². The molecule has 0 aromatic heterocycles. The normalized spacial score (nSPS) is 12.2. The predicted octanol–water partition coefficient (Wildman–Crippen LogP) is 1.48. The highest BCUT2D eigenvalue weighted by Gasteiger charge is 2.26. The van der Waals surface area contributed by atoms with E-state index in [9.17, 15) is 19.2 Å². The summed E-state index contributed by atoms with van der Waals surface area (Å²) < 4.78 is 9.55. The average molecular weight is 507 g/mol. The number of anilines is 2. The first-order chi connectivity index (χ1) is 16.3. The number of para-hydroxylation sites is 2. The van der Waals surface area contributed by atoms with Gasteiger partial charge in [-0.2, -0.15) is 0 Å². The number of hydrogen-bond acceptors (Lipinski definition) is 10. The fourth-order valence-corrected chi connectivity index (χ4v) is 5.03. The average Bonchev–Trinajstić information content (AvgIpc) is 2.84. The van der Waals surface area contributed by atoms with Gasteiger partial charge in [-0.3, -0.25) is 9.59 Å². The van der Waals surface area contributed by atoms with Gasteiger partial charge in [-0.05, 0) is 24.3 Å². The Labute approximate surface area is 204 Å². The maximum Gasteiger partial charge on any atom is 0.329 e. The Hall–Kier alpha value is -3.38. The van der Waals surface area contributed by atoms with Crippen molar-refractivity contribution in [2.75, 3.05) is 37.2 Å². The maximum absolute atomic E-state index is 12.5. The summed E-state index contributed by atoms with van der Waals surface area (Å²) in [5.41, 5.74) is 12.7. The molecule has 0 saturated carbocycles. The molecule has 0 heterocycles. The number of nitrogen functional groups attached to an aromatic ring is 2.